The maximum Gasteiger partial charge on any atom is 0.275 e. The van der Waals surface area contributed by atoms with Crippen molar-refractivity contribution < 1.29 is 9.69 Å². The summed E-state index contributed by atoms with van der Waals surface area (Å²) in [6.07, 6.45) is 0. The molecule has 2 aromatic carbocycles. The molecule has 7 heteroatoms. The number of benzene rings is 2. The topological polar surface area (TPSA) is 46.4 Å². The molecule has 0 fully saturated rings. The van der Waals surface area contributed by atoms with Crippen LogP contribution in [0.1, 0.15) is 23.5 Å². The van der Waals surface area contributed by atoms with Crippen molar-refractivity contribution in [2.24, 2.45) is 0 Å². The first-order valence-electron chi connectivity index (χ1n) is 8.32. The molecule has 0 spiro atoms. The molecule has 0 aliphatic rings. The molecule has 0 aliphatic heterocycles. The summed E-state index contributed by atoms with van der Waals surface area (Å²) in [7, 11) is 2.01. The van der Waals surface area contributed by atoms with Crippen molar-refractivity contribution in [2.75, 3.05) is 13.6 Å². The van der Waals surface area contributed by atoms with Gasteiger partial charge in [0.05, 0.1) is 17.3 Å². The molecule has 1 heterocycles. The number of carbonyl (C=O) groups is 1. The molecule has 0 bridgehead atoms. The van der Waals surface area contributed by atoms with Gasteiger partial charge in [-0.2, -0.15) is 0 Å². The molecule has 0 radical (unpaired) electrons. The minimum absolute atomic E-state index is 0.0264. The third kappa shape index (κ3) is 4.54. The molecule has 0 aliphatic carbocycles. The zero-order valence-electron chi connectivity index (χ0n) is 14.6. The molecular formula is C19H20Cl2N3OS+. The summed E-state index contributed by atoms with van der Waals surface area (Å²) < 4.78 is 1.17. The van der Waals surface area contributed by atoms with Crippen molar-refractivity contribution in [1.29, 1.82) is 0 Å². The van der Waals surface area contributed by atoms with Gasteiger partial charge in [-0.1, -0.05) is 41.4 Å². The third-order valence-corrected chi connectivity index (χ3v) is 6.16. The number of nitrogens with one attached hydrogen (secondary N) is 2. The minimum Gasteiger partial charge on any atom is -0.347 e. The van der Waals surface area contributed by atoms with Crippen LogP contribution in [0.2, 0.25) is 10.0 Å². The number of carbonyl (C=O) groups excluding carboxylic acids is 1. The van der Waals surface area contributed by atoms with Crippen LogP contribution in [0.4, 0.5) is 0 Å². The standard InChI is InChI=1S/C19H19Cl2N3OS/c1-12(19-23-16-5-3-4-6-17(16)26-19)24(2)11-18(25)22-10-13-7-8-14(20)9-15(13)21/h3-9,12H,10-11H2,1-2H3,(H,22,25)/p+1/t12-/m0/s1. The number of quaternary nitrogens is 1. The number of likely N-dealkylation sites (N-methyl/N-ethyl adjacent to an activating group) is 1. The van der Waals surface area contributed by atoms with Crippen LogP contribution in [0.5, 0.6) is 0 Å². The summed E-state index contributed by atoms with van der Waals surface area (Å²) in [6, 6.07) is 13.5. The molecule has 3 aromatic rings. The maximum atomic E-state index is 12.3. The quantitative estimate of drug-likeness (QED) is 0.655. The van der Waals surface area contributed by atoms with E-state index in [0.29, 0.717) is 23.1 Å². The summed E-state index contributed by atoms with van der Waals surface area (Å²) in [6.45, 7) is 2.84. The van der Waals surface area contributed by atoms with E-state index in [9.17, 15) is 4.79 Å². The van der Waals surface area contributed by atoms with Crippen LogP contribution in [0, 0.1) is 0 Å². The molecule has 0 saturated heterocycles. The Morgan fingerprint density at radius 2 is 2.04 bits per heavy atom. The molecule has 136 valence electrons. The fraction of sp³-hybridized carbons (Fsp3) is 0.263. The highest BCUT2D eigenvalue weighted by molar-refractivity contribution is 7.18. The van der Waals surface area contributed by atoms with Gasteiger partial charge in [-0.25, -0.2) is 4.98 Å². The van der Waals surface area contributed by atoms with Crippen LogP contribution in [-0.4, -0.2) is 24.5 Å². The number of hydrogen-bond donors (Lipinski definition) is 2. The number of halogens is 2. The SMILES string of the molecule is C[C@@H](c1nc2ccccc2s1)[NH+](C)CC(=O)NCc1ccc(Cl)cc1Cl. The van der Waals surface area contributed by atoms with Gasteiger partial charge in [-0.15, -0.1) is 11.3 Å². The van der Waals surface area contributed by atoms with Crippen LogP contribution in [0.25, 0.3) is 10.2 Å². The first kappa shape index (κ1) is 19.1. The van der Waals surface area contributed by atoms with Crippen LogP contribution in [0.3, 0.4) is 0 Å². The zero-order chi connectivity index (χ0) is 18.7. The van der Waals surface area contributed by atoms with Gasteiger partial charge in [0.25, 0.3) is 5.91 Å². The minimum atomic E-state index is -0.0264. The molecule has 2 N–H and O–H groups in total. The highest BCUT2D eigenvalue weighted by atomic mass is 35.5. The Kier molecular flexibility index (Phi) is 6.14. The van der Waals surface area contributed by atoms with Gasteiger partial charge in [0.15, 0.2) is 11.6 Å². The van der Waals surface area contributed by atoms with Crippen LogP contribution in [0.15, 0.2) is 42.5 Å². The van der Waals surface area contributed by atoms with E-state index in [1.165, 1.54) is 4.70 Å². The summed E-state index contributed by atoms with van der Waals surface area (Å²) in [4.78, 5) is 18.1. The van der Waals surface area contributed by atoms with Gasteiger partial charge in [0.1, 0.15) is 6.04 Å². The van der Waals surface area contributed by atoms with E-state index in [2.05, 4.69) is 18.3 Å². The fourth-order valence-electron chi connectivity index (χ4n) is 2.61. The van der Waals surface area contributed by atoms with Gasteiger partial charge in [0.2, 0.25) is 0 Å². The molecule has 4 nitrogen and oxygen atoms in total. The summed E-state index contributed by atoms with van der Waals surface area (Å²) >= 11 is 13.7. The third-order valence-electron chi connectivity index (χ3n) is 4.35. The summed E-state index contributed by atoms with van der Waals surface area (Å²) in [5.74, 6) is -0.0264. The van der Waals surface area contributed by atoms with E-state index in [1.807, 2.05) is 31.3 Å². The Morgan fingerprint density at radius 3 is 2.77 bits per heavy atom. The maximum absolute atomic E-state index is 12.3. The van der Waals surface area contributed by atoms with Crippen molar-refractivity contribution in [3.63, 3.8) is 0 Å². The second kappa shape index (κ2) is 8.35. The number of para-hydroxylation sites is 1. The lowest BCUT2D eigenvalue weighted by Crippen LogP contribution is -3.10. The van der Waals surface area contributed by atoms with Crippen molar-refractivity contribution >= 4 is 50.7 Å². The monoisotopic (exact) mass is 408 g/mol. The number of fused-ring (bicyclic) bond motifs is 1. The van der Waals surface area contributed by atoms with Crippen LogP contribution < -0.4 is 10.2 Å². The normalized spacial score (nSPS) is 13.5. The lowest BCUT2D eigenvalue weighted by Gasteiger charge is -2.19. The Balaban J connectivity index is 1.57. The molecule has 1 amide bonds. The Hall–Kier alpha value is -1.66. The predicted molar refractivity (Wildman–Crippen MR) is 108 cm³/mol. The highest BCUT2D eigenvalue weighted by Crippen LogP contribution is 2.24. The molecule has 0 saturated carbocycles. The van der Waals surface area contributed by atoms with Crippen molar-refractivity contribution in [1.82, 2.24) is 10.3 Å². The second-order valence-corrected chi connectivity index (χ2v) is 8.18. The average Bonchev–Trinajstić information content (AvgIpc) is 3.04. The van der Waals surface area contributed by atoms with Gasteiger partial charge >= 0.3 is 0 Å². The lowest BCUT2D eigenvalue weighted by atomic mass is 10.2. The van der Waals surface area contributed by atoms with Gasteiger partial charge in [-0.3, -0.25) is 4.79 Å². The van der Waals surface area contributed by atoms with Crippen molar-refractivity contribution in [2.45, 2.75) is 19.5 Å². The van der Waals surface area contributed by atoms with Crippen LogP contribution in [-0.2, 0) is 11.3 Å². The largest absolute Gasteiger partial charge is 0.347 e. The number of hydrogen-bond acceptors (Lipinski definition) is 3. The Bertz CT molecular complexity index is 895. The van der Waals surface area contributed by atoms with E-state index in [4.69, 9.17) is 28.2 Å². The first-order chi connectivity index (χ1) is 12.4. The summed E-state index contributed by atoms with van der Waals surface area (Å²) in [5.41, 5.74) is 1.86. The summed E-state index contributed by atoms with van der Waals surface area (Å²) in [5, 5.41) is 5.10. The van der Waals surface area contributed by atoms with Crippen molar-refractivity contribution in [3.05, 3.63) is 63.1 Å². The van der Waals surface area contributed by atoms with Gasteiger partial charge in [-0.05, 0) is 36.8 Å². The molecular weight excluding hydrogens is 389 g/mol. The average molecular weight is 409 g/mol. The predicted octanol–water partition coefficient (Wildman–Crippen LogP) is 3.50. The van der Waals surface area contributed by atoms with Crippen molar-refractivity contribution in [3.8, 4) is 0 Å². The Morgan fingerprint density at radius 1 is 1.27 bits per heavy atom. The van der Waals surface area contributed by atoms with E-state index in [1.54, 1.807) is 23.5 Å². The molecule has 3 rings (SSSR count). The number of thiazole rings is 1. The number of amides is 1. The second-order valence-electron chi connectivity index (χ2n) is 6.28. The van der Waals surface area contributed by atoms with E-state index < -0.39 is 0 Å². The molecule has 1 aromatic heterocycles. The zero-order valence-corrected chi connectivity index (χ0v) is 16.9. The number of rotatable bonds is 6. The number of aromatic nitrogens is 1. The molecule has 1 unspecified atom stereocenters. The van der Waals surface area contributed by atoms with E-state index in [0.717, 1.165) is 21.0 Å². The van der Waals surface area contributed by atoms with Crippen LogP contribution >= 0.6 is 34.5 Å². The molecule has 26 heavy (non-hydrogen) atoms. The van der Waals surface area contributed by atoms with Gasteiger partial charge in [0, 0.05) is 16.6 Å². The smallest absolute Gasteiger partial charge is 0.275 e. The van der Waals surface area contributed by atoms with Gasteiger partial charge < -0.3 is 10.2 Å². The Labute approximate surface area is 166 Å². The molecule has 2 atom stereocenters. The fourth-order valence-corrected chi connectivity index (χ4v) is 4.20. The first-order valence-corrected chi connectivity index (χ1v) is 9.89. The number of nitrogens with zero attached hydrogens (tertiary/aromatic N) is 1. The lowest BCUT2D eigenvalue weighted by molar-refractivity contribution is -0.902. The van der Waals surface area contributed by atoms with E-state index >= 15 is 0 Å². The van der Waals surface area contributed by atoms with E-state index in [-0.39, 0.29) is 11.9 Å². The highest BCUT2D eigenvalue weighted by Gasteiger charge is 2.22.